The van der Waals surface area contributed by atoms with E-state index < -0.39 is 23.3 Å². The van der Waals surface area contributed by atoms with E-state index in [0.717, 1.165) is 24.6 Å². The molecular formula is C31H36F3N5O4. The van der Waals surface area contributed by atoms with Crippen LogP contribution in [0.1, 0.15) is 67.6 Å². The van der Waals surface area contributed by atoms with Crippen LogP contribution in [-0.2, 0) is 39.7 Å². The van der Waals surface area contributed by atoms with Crippen LogP contribution in [0.4, 0.5) is 29.6 Å². The van der Waals surface area contributed by atoms with Crippen molar-refractivity contribution in [1.82, 2.24) is 19.9 Å². The molecule has 1 fully saturated rings. The number of carbonyl (C=O) groups excluding carboxylic acids is 2. The lowest BCUT2D eigenvalue weighted by atomic mass is 9.90. The molecule has 1 aromatic carbocycles. The van der Waals surface area contributed by atoms with Gasteiger partial charge in [-0.3, -0.25) is 9.78 Å². The van der Waals surface area contributed by atoms with Crippen molar-refractivity contribution in [1.29, 1.82) is 0 Å². The Bertz CT molecular complexity index is 1420. The number of amides is 1. The number of methoxy groups -OCH3 is 1. The first-order valence-corrected chi connectivity index (χ1v) is 14.1. The van der Waals surface area contributed by atoms with E-state index in [1.807, 2.05) is 45.0 Å². The van der Waals surface area contributed by atoms with Gasteiger partial charge in [0.15, 0.2) is 0 Å². The molecule has 12 heteroatoms. The number of halogens is 3. The molecule has 1 aliphatic heterocycles. The molecule has 0 bridgehead atoms. The number of aromatic nitrogens is 3. The van der Waals surface area contributed by atoms with Crippen LogP contribution >= 0.6 is 0 Å². The molecule has 2 aromatic heterocycles. The molecule has 0 saturated carbocycles. The molecule has 9 nitrogen and oxygen atoms in total. The molecule has 0 spiro atoms. The summed E-state index contributed by atoms with van der Waals surface area (Å²) in [5.41, 5.74) is 1.07. The Kier molecular flexibility index (Phi) is 9.87. The maximum atomic E-state index is 13.8. The number of alkyl halides is 3. The first-order chi connectivity index (χ1) is 20.3. The van der Waals surface area contributed by atoms with E-state index in [0.29, 0.717) is 30.0 Å². The number of likely N-dealkylation sites (tertiary alicyclic amines) is 1. The fourth-order valence-electron chi connectivity index (χ4n) is 4.94. The summed E-state index contributed by atoms with van der Waals surface area (Å²) < 4.78 is 51.6. The number of nitrogens with zero attached hydrogens (tertiary/aromatic N) is 4. The third-order valence-electron chi connectivity index (χ3n) is 7.03. The van der Waals surface area contributed by atoms with E-state index >= 15 is 0 Å². The van der Waals surface area contributed by atoms with Crippen molar-refractivity contribution in [2.24, 2.45) is 0 Å². The zero-order valence-corrected chi connectivity index (χ0v) is 24.7. The minimum Gasteiger partial charge on any atom is -0.469 e. The largest absolute Gasteiger partial charge is 0.469 e. The second kappa shape index (κ2) is 13.4. The first kappa shape index (κ1) is 31.7. The molecule has 4 rings (SSSR count). The Labute approximate surface area is 248 Å². The standard InChI is InChI=1S/C31H36F3N5O4/c1-30(2,3)43-29(41)39-16-6-8-22(19-39)20-9-11-23(12-10-20)37-28-36-18-24(31(32,33)34)26(38-28)14-13-25-21(7-5-15-35-25)17-27(40)42-4/h5,7,9-12,15,18,22H,6,8,13-14,16-17,19H2,1-4H3,(H,36,37,38). The minimum atomic E-state index is -4.64. The molecular weight excluding hydrogens is 563 g/mol. The first-order valence-electron chi connectivity index (χ1n) is 14.1. The summed E-state index contributed by atoms with van der Waals surface area (Å²) in [6.07, 6.45) is -0.827. The molecule has 3 heterocycles. The third-order valence-corrected chi connectivity index (χ3v) is 7.03. The monoisotopic (exact) mass is 599 g/mol. The number of hydrogen-bond donors (Lipinski definition) is 1. The Balaban J connectivity index is 1.46. The predicted molar refractivity (Wildman–Crippen MR) is 154 cm³/mol. The van der Waals surface area contributed by atoms with Crippen LogP contribution in [0.5, 0.6) is 0 Å². The number of rotatable bonds is 8. The Morgan fingerprint density at radius 2 is 1.77 bits per heavy atom. The second-order valence-corrected chi connectivity index (χ2v) is 11.4. The zero-order valence-electron chi connectivity index (χ0n) is 24.7. The lowest BCUT2D eigenvalue weighted by Gasteiger charge is -2.34. The highest BCUT2D eigenvalue weighted by Gasteiger charge is 2.35. The topological polar surface area (TPSA) is 107 Å². The van der Waals surface area contributed by atoms with E-state index in [9.17, 15) is 22.8 Å². The number of hydrogen-bond acceptors (Lipinski definition) is 8. The van der Waals surface area contributed by atoms with Gasteiger partial charge in [-0.25, -0.2) is 14.8 Å². The average molecular weight is 600 g/mol. The lowest BCUT2D eigenvalue weighted by Crippen LogP contribution is -2.42. The summed E-state index contributed by atoms with van der Waals surface area (Å²) >= 11 is 0. The summed E-state index contributed by atoms with van der Waals surface area (Å²) in [6.45, 7) is 6.71. The molecule has 1 aliphatic rings. The van der Waals surface area contributed by atoms with E-state index in [1.165, 1.54) is 13.3 Å². The lowest BCUT2D eigenvalue weighted by molar-refractivity contribution is -0.140. The van der Waals surface area contributed by atoms with Crippen LogP contribution in [0.25, 0.3) is 0 Å². The van der Waals surface area contributed by atoms with Crippen LogP contribution in [0.3, 0.4) is 0 Å². The fourth-order valence-corrected chi connectivity index (χ4v) is 4.94. The highest BCUT2D eigenvalue weighted by atomic mass is 19.4. The third kappa shape index (κ3) is 8.89. The number of benzene rings is 1. The van der Waals surface area contributed by atoms with Crippen LogP contribution < -0.4 is 5.32 Å². The van der Waals surface area contributed by atoms with E-state index in [4.69, 9.17) is 9.47 Å². The van der Waals surface area contributed by atoms with Gasteiger partial charge >= 0.3 is 18.2 Å². The number of ether oxygens (including phenoxy) is 2. The van der Waals surface area contributed by atoms with Crippen molar-refractivity contribution in [3.63, 3.8) is 0 Å². The van der Waals surface area contributed by atoms with Gasteiger partial charge in [0.1, 0.15) is 5.60 Å². The van der Waals surface area contributed by atoms with Crippen molar-refractivity contribution in [2.45, 2.75) is 70.6 Å². The smallest absolute Gasteiger partial charge is 0.419 e. The molecule has 1 unspecified atom stereocenters. The Hall–Kier alpha value is -4.22. The van der Waals surface area contributed by atoms with Crippen LogP contribution in [-0.4, -0.2) is 57.7 Å². The average Bonchev–Trinajstić information content (AvgIpc) is 2.95. The van der Waals surface area contributed by atoms with Gasteiger partial charge in [-0.15, -0.1) is 0 Å². The van der Waals surface area contributed by atoms with E-state index in [2.05, 4.69) is 20.3 Å². The highest BCUT2D eigenvalue weighted by Crippen LogP contribution is 2.33. The quantitative estimate of drug-likeness (QED) is 0.303. The molecule has 1 atom stereocenters. The molecule has 43 heavy (non-hydrogen) atoms. The maximum absolute atomic E-state index is 13.8. The number of piperidine rings is 1. The van der Waals surface area contributed by atoms with Gasteiger partial charge < -0.3 is 19.7 Å². The fraction of sp³-hybridized carbons (Fsp3) is 0.452. The normalized spacial score (nSPS) is 15.6. The Morgan fingerprint density at radius 1 is 1.05 bits per heavy atom. The summed E-state index contributed by atoms with van der Waals surface area (Å²) in [6, 6.07) is 10.8. The van der Waals surface area contributed by atoms with Gasteiger partial charge in [-0.05, 0) is 75.8 Å². The molecule has 1 saturated heterocycles. The van der Waals surface area contributed by atoms with Gasteiger partial charge in [0, 0.05) is 42.8 Å². The summed E-state index contributed by atoms with van der Waals surface area (Å²) in [7, 11) is 1.27. The minimum absolute atomic E-state index is 0.0281. The van der Waals surface area contributed by atoms with Crippen LogP contribution in [0.2, 0.25) is 0 Å². The van der Waals surface area contributed by atoms with Crippen LogP contribution in [0.15, 0.2) is 48.8 Å². The molecule has 230 valence electrons. The molecule has 0 aliphatic carbocycles. The van der Waals surface area contributed by atoms with Gasteiger partial charge in [-0.1, -0.05) is 18.2 Å². The molecule has 3 aromatic rings. The summed E-state index contributed by atoms with van der Waals surface area (Å²) in [5, 5.41) is 3.00. The van der Waals surface area contributed by atoms with Gasteiger partial charge in [0.2, 0.25) is 5.95 Å². The van der Waals surface area contributed by atoms with E-state index in [-0.39, 0.29) is 42.9 Å². The second-order valence-electron chi connectivity index (χ2n) is 11.4. The predicted octanol–water partition coefficient (Wildman–Crippen LogP) is 6.25. The number of carbonyl (C=O) groups is 2. The summed E-state index contributed by atoms with van der Waals surface area (Å²) in [4.78, 5) is 38.4. The number of anilines is 2. The highest BCUT2D eigenvalue weighted by molar-refractivity contribution is 5.72. The summed E-state index contributed by atoms with van der Waals surface area (Å²) in [5.74, 6) is -0.297. The Morgan fingerprint density at radius 3 is 2.44 bits per heavy atom. The molecule has 1 N–H and O–H groups in total. The number of nitrogens with one attached hydrogen (secondary N) is 1. The van der Waals surface area contributed by atoms with Crippen molar-refractivity contribution in [3.8, 4) is 0 Å². The molecule has 1 amide bonds. The van der Waals surface area contributed by atoms with E-state index in [1.54, 1.807) is 17.0 Å². The van der Waals surface area contributed by atoms with Gasteiger partial charge in [-0.2, -0.15) is 13.2 Å². The van der Waals surface area contributed by atoms with Crippen molar-refractivity contribution < 1.29 is 32.2 Å². The number of pyridine rings is 1. The SMILES string of the molecule is COC(=O)Cc1cccnc1CCc1nc(Nc2ccc(C3CCCN(C(=O)OC(C)(C)C)C3)cc2)ncc1C(F)(F)F. The zero-order chi connectivity index (χ0) is 31.2. The number of aryl methyl sites for hydroxylation is 2. The number of esters is 1. The van der Waals surface area contributed by atoms with Gasteiger partial charge in [0.05, 0.1) is 24.8 Å². The van der Waals surface area contributed by atoms with Gasteiger partial charge in [0.25, 0.3) is 0 Å². The molecule has 0 radical (unpaired) electrons. The van der Waals surface area contributed by atoms with Crippen molar-refractivity contribution >= 4 is 23.7 Å². The van der Waals surface area contributed by atoms with Crippen molar-refractivity contribution in [2.75, 3.05) is 25.5 Å². The van der Waals surface area contributed by atoms with Crippen LogP contribution in [0, 0.1) is 0 Å². The maximum Gasteiger partial charge on any atom is 0.419 e. The van der Waals surface area contributed by atoms with Crippen molar-refractivity contribution in [3.05, 3.63) is 76.9 Å².